The molecule has 1 rings (SSSR count). The van der Waals surface area contributed by atoms with Crippen molar-refractivity contribution in [1.29, 1.82) is 0 Å². The molecule has 4 N–H and O–H groups in total. The highest BCUT2D eigenvalue weighted by molar-refractivity contribution is 7.80. The third kappa shape index (κ3) is 30.5. The molecule has 57 heavy (non-hydrogen) atoms. The summed E-state index contributed by atoms with van der Waals surface area (Å²) >= 11 is 0. The fourth-order valence-corrected chi connectivity index (χ4v) is 7.65. The predicted octanol–water partition coefficient (Wildman–Crippen LogP) is 9.47. The van der Waals surface area contributed by atoms with Crippen LogP contribution in [-0.2, 0) is 38.3 Å². The third-order valence-electron chi connectivity index (χ3n) is 10.6. The molecule has 1 aliphatic rings. The lowest BCUT2D eigenvalue weighted by atomic mass is 9.99. The maximum Gasteiger partial charge on any atom is 0.397 e. The molecule has 0 bridgehead atoms. The summed E-state index contributed by atoms with van der Waals surface area (Å²) in [6.07, 6.45) is 29.5. The molecule has 338 valence electrons. The summed E-state index contributed by atoms with van der Waals surface area (Å²) in [5.41, 5.74) is 0. The Bertz CT molecular complexity index is 1060. The molecule has 0 aliphatic carbocycles. The van der Waals surface area contributed by atoms with E-state index in [2.05, 4.69) is 30.2 Å². The molecule has 1 heterocycles. The van der Waals surface area contributed by atoms with Gasteiger partial charge in [0.2, 0.25) is 0 Å². The summed E-state index contributed by atoms with van der Waals surface area (Å²) < 4.78 is 59.0. The lowest BCUT2D eigenvalue weighted by Gasteiger charge is -2.41. The maximum absolute atomic E-state index is 12.8. The van der Waals surface area contributed by atoms with Gasteiger partial charge in [-0.05, 0) is 38.5 Å². The zero-order valence-electron chi connectivity index (χ0n) is 35.9. The number of hydrogen-bond acceptors (Lipinski definition) is 11. The Hall–Kier alpha value is -1.16. The van der Waals surface area contributed by atoms with E-state index in [0.29, 0.717) is 13.0 Å². The molecule has 0 aromatic carbocycles. The Balaban J connectivity index is 2.42. The second-order valence-electron chi connectivity index (χ2n) is 16.0. The first-order chi connectivity index (χ1) is 27.6. The number of carbonyl (C=O) groups is 1. The number of ether oxygens (including phenoxy) is 4. The largest absolute Gasteiger partial charge is 0.457 e. The van der Waals surface area contributed by atoms with Crippen molar-refractivity contribution in [2.45, 2.75) is 237 Å². The quantitative estimate of drug-likeness (QED) is 0.0199. The molecule has 0 aromatic heterocycles. The van der Waals surface area contributed by atoms with Crippen LogP contribution in [-0.4, -0.2) is 97.5 Å². The highest BCUT2D eigenvalue weighted by atomic mass is 32.3. The number of aliphatic hydroxyl groups excluding tert-OH is 3. The zero-order valence-corrected chi connectivity index (χ0v) is 36.7. The molecule has 12 nitrogen and oxygen atoms in total. The van der Waals surface area contributed by atoms with Crippen molar-refractivity contribution >= 4 is 16.4 Å². The van der Waals surface area contributed by atoms with Crippen molar-refractivity contribution in [3.63, 3.8) is 0 Å². The molecule has 1 fully saturated rings. The second-order valence-corrected chi connectivity index (χ2v) is 17.0. The standard InChI is InChI=1S/C44H84O12S/c1-3-5-7-9-11-13-15-17-19-20-22-24-26-28-30-32-34-52-36-38(37-53-44-42(48)43(56-57(49,50)51)41(47)39(35-45)55-44)54-40(46)33-31-29-27-25-23-21-18-16-14-12-10-8-6-4-2/h17,19,38-39,41-45,47-48H,3-16,18,20-37H2,1-2H3,(H,49,50,51)/b19-17-. The number of esters is 1. The van der Waals surface area contributed by atoms with Gasteiger partial charge < -0.3 is 34.3 Å². The molecule has 1 saturated heterocycles. The first-order valence-corrected chi connectivity index (χ1v) is 24.3. The SMILES string of the molecule is CCCCCCCC/C=C\CCCCCCCCOCC(COC1OC(CO)C(O)C(OS(=O)(=O)O)C1O)OC(=O)CCCCCCCCCCCCCCCC. The van der Waals surface area contributed by atoms with E-state index < -0.39 is 59.8 Å². The number of hydrogen-bond donors (Lipinski definition) is 4. The average molecular weight is 837 g/mol. The summed E-state index contributed by atoms with van der Waals surface area (Å²) in [5.74, 6) is -0.398. The third-order valence-corrected chi connectivity index (χ3v) is 11.1. The van der Waals surface area contributed by atoms with Gasteiger partial charge in [-0.25, -0.2) is 4.18 Å². The summed E-state index contributed by atoms with van der Waals surface area (Å²) in [5, 5.41) is 30.6. The second kappa shape index (κ2) is 36.7. The molecule has 0 amide bonds. The van der Waals surface area contributed by atoms with Crippen LogP contribution in [0.4, 0.5) is 0 Å². The number of unbranched alkanes of at least 4 members (excludes halogenated alkanes) is 25. The smallest absolute Gasteiger partial charge is 0.397 e. The molecule has 6 atom stereocenters. The van der Waals surface area contributed by atoms with Crippen LogP contribution in [0.2, 0.25) is 0 Å². The van der Waals surface area contributed by atoms with Gasteiger partial charge in [0.15, 0.2) is 6.29 Å². The Kier molecular flexibility index (Phi) is 34.6. The Morgan fingerprint density at radius 1 is 0.649 bits per heavy atom. The van der Waals surface area contributed by atoms with Gasteiger partial charge in [-0.3, -0.25) is 9.35 Å². The van der Waals surface area contributed by atoms with E-state index in [1.54, 1.807) is 0 Å². The van der Waals surface area contributed by atoms with Gasteiger partial charge in [0.25, 0.3) is 0 Å². The van der Waals surface area contributed by atoms with Crippen molar-refractivity contribution in [2.24, 2.45) is 0 Å². The Labute approximate surface area is 347 Å². The van der Waals surface area contributed by atoms with E-state index >= 15 is 0 Å². The lowest BCUT2D eigenvalue weighted by Crippen LogP contribution is -2.60. The van der Waals surface area contributed by atoms with Gasteiger partial charge >= 0.3 is 16.4 Å². The van der Waals surface area contributed by atoms with E-state index in [9.17, 15) is 28.5 Å². The molecule has 0 aromatic rings. The highest BCUT2D eigenvalue weighted by Crippen LogP contribution is 2.26. The minimum absolute atomic E-state index is 0.0371. The lowest BCUT2D eigenvalue weighted by molar-refractivity contribution is -0.301. The highest BCUT2D eigenvalue weighted by Gasteiger charge is 2.48. The Morgan fingerprint density at radius 3 is 1.58 bits per heavy atom. The summed E-state index contributed by atoms with van der Waals surface area (Å²) in [4.78, 5) is 12.8. The van der Waals surface area contributed by atoms with Crippen molar-refractivity contribution < 1.29 is 56.2 Å². The summed E-state index contributed by atoms with van der Waals surface area (Å²) in [6, 6.07) is 0. The minimum atomic E-state index is -5.06. The van der Waals surface area contributed by atoms with Crippen LogP contribution in [0.5, 0.6) is 0 Å². The van der Waals surface area contributed by atoms with Crippen LogP contribution >= 0.6 is 0 Å². The fourth-order valence-electron chi connectivity index (χ4n) is 7.14. The van der Waals surface area contributed by atoms with Crippen LogP contribution < -0.4 is 0 Å². The molecule has 0 saturated carbocycles. The van der Waals surface area contributed by atoms with Crippen LogP contribution in [0.25, 0.3) is 0 Å². The van der Waals surface area contributed by atoms with Crippen LogP contribution in [0.3, 0.4) is 0 Å². The van der Waals surface area contributed by atoms with Gasteiger partial charge in [-0.15, -0.1) is 0 Å². The number of allylic oxidation sites excluding steroid dienone is 2. The van der Waals surface area contributed by atoms with Gasteiger partial charge in [0.1, 0.15) is 30.5 Å². The van der Waals surface area contributed by atoms with Crippen LogP contribution in [0.1, 0.15) is 200 Å². The first kappa shape index (κ1) is 53.9. The summed E-state index contributed by atoms with van der Waals surface area (Å²) in [6.45, 7) is 3.99. The van der Waals surface area contributed by atoms with E-state index in [1.807, 2.05) is 0 Å². The molecule has 6 unspecified atom stereocenters. The average Bonchev–Trinajstić information content (AvgIpc) is 3.18. The van der Waals surface area contributed by atoms with Gasteiger partial charge in [0, 0.05) is 13.0 Å². The summed E-state index contributed by atoms with van der Waals surface area (Å²) in [7, 11) is -5.06. The predicted molar refractivity (Wildman–Crippen MR) is 225 cm³/mol. The van der Waals surface area contributed by atoms with E-state index in [0.717, 1.165) is 44.9 Å². The monoisotopic (exact) mass is 837 g/mol. The molecule has 1 aliphatic heterocycles. The van der Waals surface area contributed by atoms with Crippen LogP contribution in [0.15, 0.2) is 12.2 Å². The minimum Gasteiger partial charge on any atom is -0.457 e. The van der Waals surface area contributed by atoms with Crippen molar-refractivity contribution in [1.82, 2.24) is 0 Å². The molecular weight excluding hydrogens is 753 g/mol. The molecular formula is C44H84O12S. The maximum atomic E-state index is 12.8. The van der Waals surface area contributed by atoms with Crippen molar-refractivity contribution in [3.05, 3.63) is 12.2 Å². The topological polar surface area (TPSA) is 178 Å². The normalized spacial score (nSPS) is 20.7. The molecule has 0 spiro atoms. The van der Waals surface area contributed by atoms with E-state index in [4.69, 9.17) is 23.5 Å². The molecule has 0 radical (unpaired) electrons. The zero-order chi connectivity index (χ0) is 41.8. The van der Waals surface area contributed by atoms with Crippen LogP contribution in [0, 0.1) is 0 Å². The number of rotatable bonds is 40. The van der Waals surface area contributed by atoms with Crippen molar-refractivity contribution in [3.8, 4) is 0 Å². The van der Waals surface area contributed by atoms with Gasteiger partial charge in [-0.2, -0.15) is 8.42 Å². The Morgan fingerprint density at radius 2 is 1.11 bits per heavy atom. The van der Waals surface area contributed by atoms with Crippen molar-refractivity contribution in [2.75, 3.05) is 26.4 Å². The van der Waals surface area contributed by atoms with E-state index in [-0.39, 0.29) is 19.6 Å². The number of aliphatic hydroxyl groups is 3. The van der Waals surface area contributed by atoms with Gasteiger partial charge in [0.05, 0.1) is 19.8 Å². The van der Waals surface area contributed by atoms with E-state index in [1.165, 1.54) is 128 Å². The number of carbonyl (C=O) groups excluding carboxylic acids is 1. The fraction of sp³-hybridized carbons (Fsp3) is 0.932. The molecule has 13 heteroatoms. The van der Waals surface area contributed by atoms with Gasteiger partial charge in [-0.1, -0.05) is 167 Å². The first-order valence-electron chi connectivity index (χ1n) is 22.9.